The molecule has 0 heterocycles. The summed E-state index contributed by atoms with van der Waals surface area (Å²) in [6, 6.07) is 9.97. The molecule has 0 spiro atoms. The fraction of sp³-hybridized carbons (Fsp3) is 0.300. The van der Waals surface area contributed by atoms with Crippen LogP contribution in [0.3, 0.4) is 0 Å². The second-order valence-corrected chi connectivity index (χ2v) is 2.78. The molecular weight excluding hydrogens is 164 g/mol. The van der Waals surface area contributed by atoms with Gasteiger partial charge in [0.15, 0.2) is 0 Å². The molecule has 0 saturated heterocycles. The first kappa shape index (κ1) is 9.74. The Morgan fingerprint density at radius 1 is 1.31 bits per heavy atom. The Hall–Kier alpha value is -1.35. The Morgan fingerprint density at radius 3 is 2.62 bits per heavy atom. The number of hydrogen-bond donors (Lipinski definition) is 2. The van der Waals surface area contributed by atoms with Gasteiger partial charge in [0.2, 0.25) is 5.91 Å². The predicted octanol–water partition coefficient (Wildman–Crippen LogP) is 0.870. The molecule has 1 aromatic carbocycles. The van der Waals surface area contributed by atoms with E-state index in [0.29, 0.717) is 6.42 Å². The lowest BCUT2D eigenvalue weighted by Crippen LogP contribution is -2.34. The number of hydrogen-bond acceptors (Lipinski definition) is 2. The van der Waals surface area contributed by atoms with Crippen LogP contribution >= 0.6 is 0 Å². The summed E-state index contributed by atoms with van der Waals surface area (Å²) in [5.41, 5.74) is 6.32. The van der Waals surface area contributed by atoms with E-state index < -0.39 is 0 Å². The van der Waals surface area contributed by atoms with Gasteiger partial charge in [-0.15, -0.1) is 0 Å². The van der Waals surface area contributed by atoms with Crippen molar-refractivity contribution in [2.24, 2.45) is 0 Å². The summed E-state index contributed by atoms with van der Waals surface area (Å²) in [4.78, 5) is 11.0. The van der Waals surface area contributed by atoms with E-state index in [1.807, 2.05) is 30.3 Å². The molecule has 1 aromatic rings. The van der Waals surface area contributed by atoms with Gasteiger partial charge in [-0.1, -0.05) is 30.3 Å². The van der Waals surface area contributed by atoms with Crippen LogP contribution in [0, 0.1) is 0 Å². The van der Waals surface area contributed by atoms with Crippen molar-refractivity contribution in [3.05, 3.63) is 35.9 Å². The van der Waals surface area contributed by atoms with Crippen LogP contribution in [0.15, 0.2) is 30.3 Å². The first-order chi connectivity index (χ1) is 6.33. The third kappa shape index (κ3) is 3.71. The van der Waals surface area contributed by atoms with Crippen molar-refractivity contribution in [2.45, 2.75) is 12.8 Å². The molecule has 0 saturated carbocycles. The maximum Gasteiger partial charge on any atom is 0.234 e. The Morgan fingerprint density at radius 2 is 2.00 bits per heavy atom. The Labute approximate surface area is 78.1 Å². The Bertz CT molecular complexity index is 259. The van der Waals surface area contributed by atoms with Crippen molar-refractivity contribution in [1.82, 2.24) is 10.9 Å². The van der Waals surface area contributed by atoms with Gasteiger partial charge in [-0.05, 0) is 12.0 Å². The lowest BCUT2D eigenvalue weighted by molar-refractivity contribution is -0.121. The fourth-order valence-corrected chi connectivity index (χ4v) is 1.10. The van der Waals surface area contributed by atoms with Crippen molar-refractivity contribution in [1.29, 1.82) is 0 Å². The second kappa shape index (κ2) is 5.32. The largest absolute Gasteiger partial charge is 0.292 e. The van der Waals surface area contributed by atoms with Gasteiger partial charge in [0.1, 0.15) is 0 Å². The van der Waals surface area contributed by atoms with E-state index in [0.717, 1.165) is 6.42 Å². The number of aryl methyl sites for hydroxylation is 1. The van der Waals surface area contributed by atoms with E-state index in [1.165, 1.54) is 5.56 Å². The average Bonchev–Trinajstić information content (AvgIpc) is 2.17. The minimum absolute atomic E-state index is 0.0198. The number of amides is 1. The highest BCUT2D eigenvalue weighted by Gasteiger charge is 1.99. The third-order valence-corrected chi connectivity index (χ3v) is 1.75. The number of carbonyl (C=O) groups excluding carboxylic acids is 1. The quantitative estimate of drug-likeness (QED) is 0.672. The molecule has 3 heteroatoms. The van der Waals surface area contributed by atoms with Crippen LogP contribution in [-0.2, 0) is 11.2 Å². The maximum atomic E-state index is 11.0. The summed E-state index contributed by atoms with van der Waals surface area (Å²) in [6.07, 6.45) is 1.30. The van der Waals surface area contributed by atoms with Crippen molar-refractivity contribution in [3.8, 4) is 0 Å². The summed E-state index contributed by atoms with van der Waals surface area (Å²) in [7, 11) is 1.68. The van der Waals surface area contributed by atoms with Crippen LogP contribution in [0.2, 0.25) is 0 Å². The molecular formula is C10H14N2O. The van der Waals surface area contributed by atoms with Gasteiger partial charge < -0.3 is 0 Å². The molecule has 0 aromatic heterocycles. The lowest BCUT2D eigenvalue weighted by atomic mass is 10.1. The van der Waals surface area contributed by atoms with Gasteiger partial charge in [0.25, 0.3) is 0 Å². The van der Waals surface area contributed by atoms with Crippen LogP contribution in [-0.4, -0.2) is 13.0 Å². The number of carbonyl (C=O) groups is 1. The molecule has 0 unspecified atom stereocenters. The summed E-state index contributed by atoms with van der Waals surface area (Å²) in [6.45, 7) is 0. The summed E-state index contributed by atoms with van der Waals surface area (Å²) in [5.74, 6) is 0.0198. The van der Waals surface area contributed by atoms with E-state index in [1.54, 1.807) is 7.05 Å². The number of benzene rings is 1. The predicted molar refractivity (Wildman–Crippen MR) is 52.0 cm³/mol. The van der Waals surface area contributed by atoms with Gasteiger partial charge in [-0.3, -0.25) is 10.2 Å². The fourth-order valence-electron chi connectivity index (χ4n) is 1.10. The Kier molecular flexibility index (Phi) is 3.99. The molecule has 2 N–H and O–H groups in total. The summed E-state index contributed by atoms with van der Waals surface area (Å²) >= 11 is 0. The second-order valence-electron chi connectivity index (χ2n) is 2.78. The van der Waals surface area contributed by atoms with E-state index >= 15 is 0 Å². The van der Waals surface area contributed by atoms with Crippen molar-refractivity contribution < 1.29 is 4.79 Å². The van der Waals surface area contributed by atoms with Crippen LogP contribution in [0.1, 0.15) is 12.0 Å². The standard InChI is InChI=1S/C10H14N2O/c1-11-12-10(13)8-7-9-5-3-2-4-6-9/h2-6,11H,7-8H2,1H3,(H,12,13). The van der Waals surface area contributed by atoms with Crippen molar-refractivity contribution in [2.75, 3.05) is 7.05 Å². The SMILES string of the molecule is CNNC(=O)CCc1ccccc1. The van der Waals surface area contributed by atoms with E-state index in [2.05, 4.69) is 10.9 Å². The molecule has 3 nitrogen and oxygen atoms in total. The van der Waals surface area contributed by atoms with Crippen molar-refractivity contribution in [3.63, 3.8) is 0 Å². The zero-order valence-electron chi connectivity index (χ0n) is 7.71. The van der Waals surface area contributed by atoms with Gasteiger partial charge in [-0.2, -0.15) is 0 Å². The molecule has 1 rings (SSSR count). The minimum atomic E-state index is 0.0198. The first-order valence-electron chi connectivity index (χ1n) is 4.32. The van der Waals surface area contributed by atoms with Crippen LogP contribution in [0.4, 0.5) is 0 Å². The first-order valence-corrected chi connectivity index (χ1v) is 4.32. The molecule has 0 atom stereocenters. The molecule has 0 fully saturated rings. The highest BCUT2D eigenvalue weighted by molar-refractivity contribution is 5.75. The zero-order chi connectivity index (χ0) is 9.52. The van der Waals surface area contributed by atoms with Crippen LogP contribution < -0.4 is 10.9 Å². The molecule has 1 amide bonds. The maximum absolute atomic E-state index is 11.0. The normalized spacial score (nSPS) is 9.62. The number of hydrazine groups is 1. The van der Waals surface area contributed by atoms with E-state index in [-0.39, 0.29) is 5.91 Å². The molecule has 13 heavy (non-hydrogen) atoms. The monoisotopic (exact) mass is 178 g/mol. The summed E-state index contributed by atoms with van der Waals surface area (Å²) < 4.78 is 0. The third-order valence-electron chi connectivity index (χ3n) is 1.75. The highest BCUT2D eigenvalue weighted by Crippen LogP contribution is 2.01. The van der Waals surface area contributed by atoms with Crippen LogP contribution in [0.25, 0.3) is 0 Å². The average molecular weight is 178 g/mol. The van der Waals surface area contributed by atoms with Gasteiger partial charge in [-0.25, -0.2) is 5.43 Å². The number of rotatable bonds is 4. The van der Waals surface area contributed by atoms with Crippen LogP contribution in [0.5, 0.6) is 0 Å². The molecule has 0 aliphatic carbocycles. The zero-order valence-corrected chi connectivity index (χ0v) is 7.71. The van der Waals surface area contributed by atoms with E-state index in [4.69, 9.17) is 0 Å². The van der Waals surface area contributed by atoms with Gasteiger partial charge in [0.05, 0.1) is 0 Å². The number of nitrogens with one attached hydrogen (secondary N) is 2. The van der Waals surface area contributed by atoms with Gasteiger partial charge >= 0.3 is 0 Å². The molecule has 0 aliphatic rings. The minimum Gasteiger partial charge on any atom is -0.292 e. The highest BCUT2D eigenvalue weighted by atomic mass is 16.2. The Balaban J connectivity index is 2.31. The topological polar surface area (TPSA) is 41.1 Å². The summed E-state index contributed by atoms with van der Waals surface area (Å²) in [5, 5.41) is 0. The smallest absolute Gasteiger partial charge is 0.234 e. The molecule has 0 bridgehead atoms. The molecule has 0 aliphatic heterocycles. The lowest BCUT2D eigenvalue weighted by Gasteiger charge is -2.02. The van der Waals surface area contributed by atoms with E-state index in [9.17, 15) is 4.79 Å². The van der Waals surface area contributed by atoms with Gasteiger partial charge in [0, 0.05) is 13.5 Å². The molecule has 70 valence electrons. The van der Waals surface area contributed by atoms with Crippen molar-refractivity contribution >= 4 is 5.91 Å². The molecule has 0 radical (unpaired) electrons.